The van der Waals surface area contributed by atoms with Crippen molar-refractivity contribution in [2.24, 2.45) is 0 Å². The molecule has 0 radical (unpaired) electrons. The van der Waals surface area contributed by atoms with Crippen LogP contribution in [0.25, 0.3) is 0 Å². The van der Waals surface area contributed by atoms with Gasteiger partial charge in [0.2, 0.25) is 0 Å². The molecule has 0 saturated carbocycles. The molecule has 0 bridgehead atoms. The molecular weight excluding hydrogens is 254 g/mol. The molecule has 0 heterocycles. The Hall–Kier alpha value is -2.66. The fourth-order valence-electron chi connectivity index (χ4n) is 1.40. The van der Waals surface area contributed by atoms with Crippen molar-refractivity contribution in [3.63, 3.8) is 0 Å². The molecule has 0 amide bonds. The summed E-state index contributed by atoms with van der Waals surface area (Å²) in [5, 5.41) is 9.33. The quantitative estimate of drug-likeness (QED) is 0.665. The lowest BCUT2D eigenvalue weighted by molar-refractivity contribution is 1.48. The van der Waals surface area contributed by atoms with Crippen LogP contribution in [-0.2, 0) is 0 Å². The van der Waals surface area contributed by atoms with Crippen LogP contribution in [0.1, 0.15) is 16.7 Å². The summed E-state index contributed by atoms with van der Waals surface area (Å²) in [6.07, 6.45) is 0. The van der Waals surface area contributed by atoms with E-state index in [1.165, 1.54) is 0 Å². The molecule has 2 heteroatoms. The van der Waals surface area contributed by atoms with E-state index < -0.39 is 0 Å². The second-order valence-corrected chi connectivity index (χ2v) is 4.14. The molecule has 0 atom stereocenters. The highest BCUT2D eigenvalue weighted by atomic mass is 35.5. The zero-order valence-electron chi connectivity index (χ0n) is 9.94. The second kappa shape index (κ2) is 6.32. The monoisotopic (exact) mass is 261 g/mol. The average Bonchev–Trinajstić information content (AvgIpc) is 2.44. The minimum atomic E-state index is 0.621. The summed E-state index contributed by atoms with van der Waals surface area (Å²) in [4.78, 5) is 0. The van der Waals surface area contributed by atoms with Gasteiger partial charge in [0.15, 0.2) is 0 Å². The first kappa shape index (κ1) is 12.8. The molecule has 0 fully saturated rings. The third-order valence-corrected chi connectivity index (χ3v) is 2.55. The molecule has 2 rings (SSSR count). The van der Waals surface area contributed by atoms with E-state index in [1.807, 2.05) is 12.1 Å². The van der Waals surface area contributed by atoms with Gasteiger partial charge in [-0.2, -0.15) is 5.26 Å². The third kappa shape index (κ3) is 3.93. The lowest BCUT2D eigenvalue weighted by Gasteiger charge is -1.89. The molecule has 2 aromatic carbocycles. The van der Waals surface area contributed by atoms with Gasteiger partial charge in [0.1, 0.15) is 0 Å². The van der Waals surface area contributed by atoms with Crippen molar-refractivity contribution in [1.29, 1.82) is 5.26 Å². The molecular formula is C17H8ClN. The SMILES string of the molecule is N#Cc1ccc(C#CC#Cc2cccc(Cl)c2)cc1. The molecule has 0 aromatic heterocycles. The fourth-order valence-corrected chi connectivity index (χ4v) is 1.59. The molecule has 0 aliphatic heterocycles. The largest absolute Gasteiger partial charge is 0.192 e. The van der Waals surface area contributed by atoms with Gasteiger partial charge in [0.05, 0.1) is 11.6 Å². The zero-order chi connectivity index (χ0) is 13.5. The topological polar surface area (TPSA) is 23.8 Å². The molecule has 0 unspecified atom stereocenters. The minimum absolute atomic E-state index is 0.621. The van der Waals surface area contributed by atoms with Gasteiger partial charge in [-0.05, 0) is 54.3 Å². The summed E-state index contributed by atoms with van der Waals surface area (Å²) in [6.45, 7) is 0. The lowest BCUT2D eigenvalue weighted by atomic mass is 10.1. The van der Waals surface area contributed by atoms with Crippen LogP contribution < -0.4 is 0 Å². The summed E-state index contributed by atoms with van der Waals surface area (Å²) in [6, 6.07) is 16.4. The predicted molar refractivity (Wildman–Crippen MR) is 76.4 cm³/mol. The van der Waals surface area contributed by atoms with Gasteiger partial charge in [-0.15, -0.1) is 0 Å². The number of nitrogens with zero attached hydrogens (tertiary/aromatic N) is 1. The van der Waals surface area contributed by atoms with E-state index in [1.54, 1.807) is 36.4 Å². The van der Waals surface area contributed by atoms with Crippen LogP contribution in [-0.4, -0.2) is 0 Å². The molecule has 0 aliphatic rings. The molecule has 2 aromatic rings. The highest BCUT2D eigenvalue weighted by molar-refractivity contribution is 6.30. The summed E-state index contributed by atoms with van der Waals surface area (Å²) < 4.78 is 0. The number of halogens is 1. The van der Waals surface area contributed by atoms with E-state index in [0.717, 1.165) is 11.1 Å². The Morgan fingerprint density at radius 3 is 2.05 bits per heavy atom. The summed E-state index contributed by atoms with van der Waals surface area (Å²) in [5.41, 5.74) is 2.29. The van der Waals surface area contributed by atoms with E-state index in [9.17, 15) is 0 Å². The van der Waals surface area contributed by atoms with Crippen molar-refractivity contribution in [3.05, 3.63) is 70.2 Å². The van der Waals surface area contributed by atoms with Gasteiger partial charge in [0, 0.05) is 16.1 Å². The number of nitriles is 1. The summed E-state index contributed by atoms with van der Waals surface area (Å²) >= 11 is 5.85. The van der Waals surface area contributed by atoms with Crippen molar-refractivity contribution >= 4 is 11.6 Å². The van der Waals surface area contributed by atoms with Gasteiger partial charge in [-0.1, -0.05) is 29.5 Å². The van der Waals surface area contributed by atoms with Crippen LogP contribution in [0.2, 0.25) is 5.02 Å². The highest BCUT2D eigenvalue weighted by Crippen LogP contribution is 2.09. The molecule has 1 nitrogen and oxygen atoms in total. The second-order valence-electron chi connectivity index (χ2n) is 3.70. The van der Waals surface area contributed by atoms with Crippen LogP contribution in [0, 0.1) is 35.0 Å². The first-order chi connectivity index (χ1) is 9.28. The average molecular weight is 262 g/mol. The third-order valence-electron chi connectivity index (χ3n) is 2.31. The normalized spacial score (nSPS) is 8.42. The smallest absolute Gasteiger partial charge is 0.0991 e. The molecule has 88 valence electrons. The standard InChI is InChI=1S/C17H8ClN/c18-17-7-3-6-15(12-17)5-2-1-4-14-8-10-16(13-19)11-9-14/h3,6-12H. The zero-order valence-corrected chi connectivity index (χ0v) is 10.7. The first-order valence-corrected chi connectivity index (χ1v) is 5.93. The van der Waals surface area contributed by atoms with Crippen molar-refractivity contribution in [3.8, 4) is 29.8 Å². The van der Waals surface area contributed by atoms with Gasteiger partial charge >= 0.3 is 0 Å². The van der Waals surface area contributed by atoms with Crippen molar-refractivity contribution < 1.29 is 0 Å². The first-order valence-electron chi connectivity index (χ1n) is 5.56. The maximum Gasteiger partial charge on any atom is 0.0991 e. The van der Waals surface area contributed by atoms with Crippen LogP contribution in [0.3, 0.4) is 0 Å². The number of benzene rings is 2. The Morgan fingerprint density at radius 2 is 1.42 bits per heavy atom. The molecule has 0 N–H and O–H groups in total. The van der Waals surface area contributed by atoms with Crippen LogP contribution in [0.4, 0.5) is 0 Å². The molecule has 0 saturated heterocycles. The highest BCUT2D eigenvalue weighted by Gasteiger charge is 1.89. The van der Waals surface area contributed by atoms with Gasteiger partial charge in [-0.3, -0.25) is 0 Å². The minimum Gasteiger partial charge on any atom is -0.192 e. The van der Waals surface area contributed by atoms with E-state index >= 15 is 0 Å². The van der Waals surface area contributed by atoms with Crippen molar-refractivity contribution in [1.82, 2.24) is 0 Å². The van der Waals surface area contributed by atoms with E-state index in [2.05, 4.69) is 29.8 Å². The van der Waals surface area contributed by atoms with Crippen molar-refractivity contribution in [2.75, 3.05) is 0 Å². The number of hydrogen-bond acceptors (Lipinski definition) is 1. The lowest BCUT2D eigenvalue weighted by Crippen LogP contribution is -1.76. The summed E-state index contributed by atoms with van der Waals surface area (Å²) in [7, 11) is 0. The maximum atomic E-state index is 8.67. The van der Waals surface area contributed by atoms with E-state index in [0.29, 0.717) is 10.6 Å². The molecule has 0 spiro atoms. The van der Waals surface area contributed by atoms with E-state index in [-0.39, 0.29) is 0 Å². The van der Waals surface area contributed by atoms with Crippen molar-refractivity contribution in [2.45, 2.75) is 0 Å². The Bertz CT molecular complexity index is 744. The van der Waals surface area contributed by atoms with Crippen LogP contribution in [0.15, 0.2) is 48.5 Å². The molecule has 19 heavy (non-hydrogen) atoms. The maximum absolute atomic E-state index is 8.67. The Labute approximate surface area is 117 Å². The van der Waals surface area contributed by atoms with Crippen LogP contribution in [0.5, 0.6) is 0 Å². The van der Waals surface area contributed by atoms with Gasteiger partial charge < -0.3 is 0 Å². The Morgan fingerprint density at radius 1 is 0.789 bits per heavy atom. The predicted octanol–water partition coefficient (Wildman–Crippen LogP) is 3.61. The van der Waals surface area contributed by atoms with Gasteiger partial charge in [0.25, 0.3) is 0 Å². The van der Waals surface area contributed by atoms with Gasteiger partial charge in [-0.25, -0.2) is 0 Å². The Balaban J connectivity index is 2.11. The fraction of sp³-hybridized carbons (Fsp3) is 0. The molecule has 0 aliphatic carbocycles. The van der Waals surface area contributed by atoms with Crippen LogP contribution >= 0.6 is 11.6 Å². The Kier molecular flexibility index (Phi) is 4.25. The number of rotatable bonds is 0. The number of hydrogen-bond donors (Lipinski definition) is 0. The van der Waals surface area contributed by atoms with E-state index in [4.69, 9.17) is 16.9 Å². The summed E-state index contributed by atoms with van der Waals surface area (Å²) in [5.74, 6) is 11.4.